The molecule has 0 aromatic rings. The van der Waals surface area contributed by atoms with E-state index in [1.165, 1.54) is 12.7 Å². The van der Waals surface area contributed by atoms with Gasteiger partial charge in [-0.2, -0.15) is 0 Å². The standard InChI is InChI=1S/C12H20O2/c1-9-5-6-12(2,3)10(7-9)8-11(13)14-4/h7,10H,5-6,8H2,1-4H3. The normalized spacial score (nSPS) is 25.4. The minimum Gasteiger partial charge on any atom is -0.469 e. The lowest BCUT2D eigenvalue weighted by molar-refractivity contribution is -0.142. The molecule has 1 unspecified atom stereocenters. The van der Waals surface area contributed by atoms with Crippen LogP contribution in [0.15, 0.2) is 11.6 Å². The van der Waals surface area contributed by atoms with Gasteiger partial charge in [0.15, 0.2) is 0 Å². The molecule has 2 heteroatoms. The molecule has 0 heterocycles. The van der Waals surface area contributed by atoms with Crippen LogP contribution in [-0.4, -0.2) is 13.1 Å². The van der Waals surface area contributed by atoms with Crippen molar-refractivity contribution in [2.24, 2.45) is 11.3 Å². The van der Waals surface area contributed by atoms with Crippen LogP contribution in [0.1, 0.15) is 40.0 Å². The lowest BCUT2D eigenvalue weighted by Gasteiger charge is -2.36. The molecule has 1 aliphatic carbocycles. The summed E-state index contributed by atoms with van der Waals surface area (Å²) in [6, 6.07) is 0. The number of hydrogen-bond acceptors (Lipinski definition) is 2. The molecule has 0 N–H and O–H groups in total. The smallest absolute Gasteiger partial charge is 0.306 e. The van der Waals surface area contributed by atoms with Crippen molar-refractivity contribution in [1.82, 2.24) is 0 Å². The van der Waals surface area contributed by atoms with Gasteiger partial charge in [0.1, 0.15) is 0 Å². The first-order valence-electron chi connectivity index (χ1n) is 5.20. The summed E-state index contributed by atoms with van der Waals surface area (Å²) < 4.78 is 4.71. The molecular formula is C12H20O2. The van der Waals surface area contributed by atoms with Crippen molar-refractivity contribution in [2.45, 2.75) is 40.0 Å². The molecule has 80 valence electrons. The van der Waals surface area contributed by atoms with E-state index in [-0.39, 0.29) is 11.4 Å². The van der Waals surface area contributed by atoms with E-state index < -0.39 is 0 Å². The van der Waals surface area contributed by atoms with Crippen LogP contribution in [0.5, 0.6) is 0 Å². The number of ether oxygens (including phenoxy) is 1. The number of rotatable bonds is 2. The molecule has 1 atom stereocenters. The summed E-state index contributed by atoms with van der Waals surface area (Å²) in [5, 5.41) is 0. The van der Waals surface area contributed by atoms with Crippen LogP contribution in [0, 0.1) is 11.3 Å². The molecule has 0 amide bonds. The Morgan fingerprint density at radius 3 is 2.86 bits per heavy atom. The zero-order valence-corrected chi connectivity index (χ0v) is 9.59. The average molecular weight is 196 g/mol. The molecular weight excluding hydrogens is 176 g/mol. The molecule has 0 aromatic carbocycles. The molecule has 0 aromatic heterocycles. The molecule has 0 fully saturated rings. The predicted octanol–water partition coefficient (Wildman–Crippen LogP) is 2.93. The first-order valence-corrected chi connectivity index (χ1v) is 5.20. The second kappa shape index (κ2) is 4.16. The van der Waals surface area contributed by atoms with Gasteiger partial charge in [0, 0.05) is 0 Å². The Morgan fingerprint density at radius 2 is 2.29 bits per heavy atom. The van der Waals surface area contributed by atoms with E-state index in [2.05, 4.69) is 26.8 Å². The highest BCUT2D eigenvalue weighted by molar-refractivity contribution is 5.70. The van der Waals surface area contributed by atoms with Gasteiger partial charge in [-0.1, -0.05) is 25.5 Å². The van der Waals surface area contributed by atoms with E-state index in [4.69, 9.17) is 4.74 Å². The van der Waals surface area contributed by atoms with Gasteiger partial charge in [-0.05, 0) is 31.1 Å². The van der Waals surface area contributed by atoms with E-state index >= 15 is 0 Å². The molecule has 14 heavy (non-hydrogen) atoms. The molecule has 1 rings (SSSR count). The first-order chi connectivity index (χ1) is 6.45. The van der Waals surface area contributed by atoms with E-state index in [1.807, 2.05) is 0 Å². The van der Waals surface area contributed by atoms with Crippen LogP contribution >= 0.6 is 0 Å². The SMILES string of the molecule is COC(=O)CC1C=C(C)CCC1(C)C. The van der Waals surface area contributed by atoms with Crippen molar-refractivity contribution in [2.75, 3.05) is 7.11 Å². The Bertz CT molecular complexity index is 251. The summed E-state index contributed by atoms with van der Waals surface area (Å²) in [4.78, 5) is 11.2. The average Bonchev–Trinajstić information content (AvgIpc) is 2.12. The lowest BCUT2D eigenvalue weighted by Crippen LogP contribution is -2.28. The van der Waals surface area contributed by atoms with E-state index in [1.54, 1.807) is 0 Å². The Hall–Kier alpha value is -0.790. The molecule has 0 radical (unpaired) electrons. The van der Waals surface area contributed by atoms with Gasteiger partial charge < -0.3 is 4.74 Å². The second-order valence-electron chi connectivity index (χ2n) is 4.89. The topological polar surface area (TPSA) is 26.3 Å². The maximum absolute atomic E-state index is 11.2. The summed E-state index contributed by atoms with van der Waals surface area (Å²) in [5.41, 5.74) is 1.63. The number of carbonyl (C=O) groups is 1. The monoisotopic (exact) mass is 196 g/mol. The lowest BCUT2D eigenvalue weighted by atomic mass is 9.69. The zero-order valence-electron chi connectivity index (χ0n) is 9.59. The van der Waals surface area contributed by atoms with E-state index in [0.29, 0.717) is 12.3 Å². The van der Waals surface area contributed by atoms with Gasteiger partial charge in [-0.15, -0.1) is 0 Å². The highest BCUT2D eigenvalue weighted by atomic mass is 16.5. The molecule has 0 spiro atoms. The number of hydrogen-bond donors (Lipinski definition) is 0. The molecule has 0 aliphatic heterocycles. The van der Waals surface area contributed by atoms with Crippen molar-refractivity contribution < 1.29 is 9.53 Å². The zero-order chi connectivity index (χ0) is 10.8. The Kier molecular flexibility index (Phi) is 3.35. The van der Waals surface area contributed by atoms with Gasteiger partial charge in [-0.3, -0.25) is 4.79 Å². The summed E-state index contributed by atoms with van der Waals surface area (Å²) in [7, 11) is 1.45. The van der Waals surface area contributed by atoms with Crippen LogP contribution in [0.25, 0.3) is 0 Å². The maximum Gasteiger partial charge on any atom is 0.306 e. The van der Waals surface area contributed by atoms with Crippen molar-refractivity contribution in [3.05, 3.63) is 11.6 Å². The van der Waals surface area contributed by atoms with E-state index in [9.17, 15) is 4.79 Å². The van der Waals surface area contributed by atoms with Crippen molar-refractivity contribution in [3.63, 3.8) is 0 Å². The summed E-state index contributed by atoms with van der Waals surface area (Å²) in [5.74, 6) is 0.234. The fourth-order valence-corrected chi connectivity index (χ4v) is 1.96. The third-order valence-electron chi connectivity index (χ3n) is 3.27. The van der Waals surface area contributed by atoms with Crippen LogP contribution in [0.2, 0.25) is 0 Å². The Labute approximate surface area is 86.3 Å². The highest BCUT2D eigenvalue weighted by Gasteiger charge is 2.32. The Morgan fingerprint density at radius 1 is 1.64 bits per heavy atom. The molecule has 0 saturated heterocycles. The number of methoxy groups -OCH3 is 1. The Balaban J connectivity index is 2.72. The van der Waals surface area contributed by atoms with E-state index in [0.717, 1.165) is 12.8 Å². The van der Waals surface area contributed by atoms with Gasteiger partial charge in [-0.25, -0.2) is 0 Å². The number of esters is 1. The van der Waals surface area contributed by atoms with Crippen LogP contribution in [0.4, 0.5) is 0 Å². The predicted molar refractivity (Wildman–Crippen MR) is 56.9 cm³/mol. The summed E-state index contributed by atoms with van der Waals surface area (Å²) >= 11 is 0. The third kappa shape index (κ3) is 2.60. The van der Waals surface area contributed by atoms with Crippen LogP contribution < -0.4 is 0 Å². The van der Waals surface area contributed by atoms with Gasteiger partial charge >= 0.3 is 5.97 Å². The first kappa shape index (κ1) is 11.3. The fraction of sp³-hybridized carbons (Fsp3) is 0.750. The fourth-order valence-electron chi connectivity index (χ4n) is 1.96. The van der Waals surface area contributed by atoms with Gasteiger partial charge in [0.05, 0.1) is 13.5 Å². The maximum atomic E-state index is 11.2. The quantitative estimate of drug-likeness (QED) is 0.501. The highest BCUT2D eigenvalue weighted by Crippen LogP contribution is 2.40. The summed E-state index contributed by atoms with van der Waals surface area (Å²) in [6.07, 6.45) is 5.07. The summed E-state index contributed by atoms with van der Waals surface area (Å²) in [6.45, 7) is 6.59. The van der Waals surface area contributed by atoms with Crippen LogP contribution in [0.3, 0.4) is 0 Å². The van der Waals surface area contributed by atoms with Crippen molar-refractivity contribution in [1.29, 1.82) is 0 Å². The third-order valence-corrected chi connectivity index (χ3v) is 3.27. The van der Waals surface area contributed by atoms with Crippen LogP contribution in [-0.2, 0) is 9.53 Å². The number of allylic oxidation sites excluding steroid dienone is 2. The molecule has 1 aliphatic rings. The van der Waals surface area contributed by atoms with Gasteiger partial charge in [0.25, 0.3) is 0 Å². The minimum absolute atomic E-state index is 0.103. The molecule has 2 nitrogen and oxygen atoms in total. The van der Waals surface area contributed by atoms with Crippen molar-refractivity contribution in [3.8, 4) is 0 Å². The minimum atomic E-state index is -0.103. The molecule has 0 saturated carbocycles. The number of carbonyl (C=O) groups excluding carboxylic acids is 1. The largest absolute Gasteiger partial charge is 0.469 e. The van der Waals surface area contributed by atoms with Gasteiger partial charge in [0.2, 0.25) is 0 Å². The van der Waals surface area contributed by atoms with Crippen molar-refractivity contribution >= 4 is 5.97 Å². The second-order valence-corrected chi connectivity index (χ2v) is 4.89. The molecule has 0 bridgehead atoms.